The van der Waals surface area contributed by atoms with Crippen molar-refractivity contribution >= 4 is 23.0 Å². The number of rotatable bonds is 2. The van der Waals surface area contributed by atoms with Gasteiger partial charge in [-0.1, -0.05) is 72.4 Å². The zero-order valence-electron chi connectivity index (χ0n) is 9.73. The molecular weight excluding hydrogens is 240 g/mol. The molecule has 0 bridgehead atoms. The lowest BCUT2D eigenvalue weighted by Crippen LogP contribution is -2.13. The molecule has 1 aliphatic rings. The second kappa shape index (κ2) is 5.19. The molecule has 3 heteroatoms. The lowest BCUT2D eigenvalue weighted by atomic mass is 10.0. The van der Waals surface area contributed by atoms with Gasteiger partial charge in [0, 0.05) is 0 Å². The third-order valence-corrected chi connectivity index (χ3v) is 3.81. The van der Waals surface area contributed by atoms with E-state index in [1.54, 1.807) is 11.8 Å². The number of thioether (sulfide) groups is 1. The molecule has 1 heterocycles. The van der Waals surface area contributed by atoms with Crippen LogP contribution in [-0.4, -0.2) is 11.3 Å². The highest BCUT2D eigenvalue weighted by molar-refractivity contribution is 8.12. The summed E-state index contributed by atoms with van der Waals surface area (Å²) in [7, 11) is 0. The summed E-state index contributed by atoms with van der Waals surface area (Å²) in [4.78, 5) is 0. The number of hydrogen-bond acceptors (Lipinski definition) is 3. The van der Waals surface area contributed by atoms with Crippen molar-refractivity contribution in [3.8, 4) is 0 Å². The minimum atomic E-state index is 0.228. The Bertz CT molecular complexity index is 576. The van der Waals surface area contributed by atoms with Crippen molar-refractivity contribution in [1.29, 1.82) is 0 Å². The number of nitrogens with zero attached hydrogens (tertiary/aromatic N) is 2. The molecule has 0 aliphatic carbocycles. The minimum Gasteiger partial charge on any atom is -0.153 e. The van der Waals surface area contributed by atoms with Crippen LogP contribution in [0.3, 0.4) is 0 Å². The van der Waals surface area contributed by atoms with E-state index < -0.39 is 0 Å². The summed E-state index contributed by atoms with van der Waals surface area (Å²) in [5.41, 5.74) is 5.23. The lowest BCUT2D eigenvalue weighted by Gasteiger charge is -2.19. The van der Waals surface area contributed by atoms with Crippen LogP contribution in [0.4, 0.5) is 0 Å². The maximum Gasteiger partial charge on any atom is 0.0881 e. The molecule has 1 unspecified atom stereocenters. The predicted molar refractivity (Wildman–Crippen MR) is 78.2 cm³/mol. The monoisotopic (exact) mass is 252 g/mol. The molecule has 0 amide bonds. The fourth-order valence-electron chi connectivity index (χ4n) is 1.97. The van der Waals surface area contributed by atoms with Gasteiger partial charge in [0.15, 0.2) is 0 Å². The zero-order valence-corrected chi connectivity index (χ0v) is 10.5. The minimum absolute atomic E-state index is 0.228. The molecule has 2 aromatic carbocycles. The first kappa shape index (κ1) is 11.2. The van der Waals surface area contributed by atoms with Crippen LogP contribution in [0.5, 0.6) is 0 Å². The summed E-state index contributed by atoms with van der Waals surface area (Å²) in [6.07, 6.45) is 0. The van der Waals surface area contributed by atoms with E-state index in [2.05, 4.69) is 46.6 Å². The highest BCUT2D eigenvalue weighted by Crippen LogP contribution is 2.33. The maximum atomic E-state index is 4.32. The van der Waals surface area contributed by atoms with Crippen molar-refractivity contribution in [1.82, 2.24) is 0 Å². The molecule has 1 atom stereocenters. The van der Waals surface area contributed by atoms with Gasteiger partial charge in [0.25, 0.3) is 0 Å². The Morgan fingerprint density at radius 2 is 1.50 bits per heavy atom. The summed E-state index contributed by atoms with van der Waals surface area (Å²) < 4.78 is 0. The highest BCUT2D eigenvalue weighted by atomic mass is 32.2. The van der Waals surface area contributed by atoms with Gasteiger partial charge in [0.2, 0.25) is 0 Å². The molecule has 0 spiro atoms. The quantitative estimate of drug-likeness (QED) is 0.795. The fourth-order valence-corrected chi connectivity index (χ4v) is 2.82. The summed E-state index contributed by atoms with van der Waals surface area (Å²) in [6.45, 7) is 0. The van der Waals surface area contributed by atoms with Crippen LogP contribution in [0, 0.1) is 0 Å². The Morgan fingerprint density at radius 1 is 0.833 bits per heavy atom. The Kier molecular flexibility index (Phi) is 3.24. The molecule has 88 valence electrons. The Balaban J connectivity index is 2.01. The van der Waals surface area contributed by atoms with Crippen LogP contribution in [0.15, 0.2) is 70.9 Å². The molecule has 0 aromatic heterocycles. The fraction of sp³-hybridized carbons (Fsp3) is 0.0667. The Hall–Kier alpha value is -1.87. The van der Waals surface area contributed by atoms with Gasteiger partial charge in [0.05, 0.1) is 16.5 Å². The highest BCUT2D eigenvalue weighted by Gasteiger charge is 2.22. The van der Waals surface area contributed by atoms with Crippen molar-refractivity contribution in [2.75, 3.05) is 0 Å². The molecule has 0 N–H and O–H groups in total. The Morgan fingerprint density at radius 3 is 2.22 bits per heavy atom. The third-order valence-electron chi connectivity index (χ3n) is 2.83. The van der Waals surface area contributed by atoms with Crippen LogP contribution < -0.4 is 0 Å². The molecule has 1 aliphatic heterocycles. The van der Waals surface area contributed by atoms with Crippen LogP contribution in [0.25, 0.3) is 0 Å². The van der Waals surface area contributed by atoms with E-state index in [1.807, 2.05) is 29.8 Å². The van der Waals surface area contributed by atoms with Crippen LogP contribution in [0.2, 0.25) is 0 Å². The van der Waals surface area contributed by atoms with E-state index in [-0.39, 0.29) is 5.25 Å². The summed E-state index contributed by atoms with van der Waals surface area (Å²) in [5.74, 6) is 0. The normalized spacial score (nSPS) is 18.4. The third kappa shape index (κ3) is 2.22. The van der Waals surface area contributed by atoms with Gasteiger partial charge in [-0.15, -0.1) is 0 Å². The first-order valence-corrected chi connectivity index (χ1v) is 6.74. The molecule has 0 saturated carbocycles. The number of benzene rings is 2. The topological polar surface area (TPSA) is 24.7 Å². The van der Waals surface area contributed by atoms with Crippen molar-refractivity contribution in [2.45, 2.75) is 5.25 Å². The van der Waals surface area contributed by atoms with E-state index in [4.69, 9.17) is 0 Å². The second-order valence-corrected chi connectivity index (χ2v) is 4.95. The molecule has 2 aromatic rings. The number of hydrogen-bond donors (Lipinski definition) is 0. The average molecular weight is 252 g/mol. The summed E-state index contributed by atoms with van der Waals surface area (Å²) >= 11 is 1.70. The largest absolute Gasteiger partial charge is 0.153 e. The van der Waals surface area contributed by atoms with Gasteiger partial charge in [-0.2, -0.15) is 10.2 Å². The molecular formula is C15H12N2S. The van der Waals surface area contributed by atoms with E-state index in [1.165, 1.54) is 5.56 Å². The van der Waals surface area contributed by atoms with Crippen LogP contribution in [0.1, 0.15) is 16.4 Å². The smallest absolute Gasteiger partial charge is 0.0881 e. The molecule has 3 rings (SSSR count). The lowest BCUT2D eigenvalue weighted by molar-refractivity contribution is 1.17. The van der Waals surface area contributed by atoms with Crippen molar-refractivity contribution in [3.63, 3.8) is 0 Å². The van der Waals surface area contributed by atoms with Crippen LogP contribution >= 0.6 is 11.8 Å². The van der Waals surface area contributed by atoms with Crippen molar-refractivity contribution in [2.24, 2.45) is 10.2 Å². The average Bonchev–Trinajstić information content (AvgIpc) is 2.49. The first-order chi connectivity index (χ1) is 8.95. The van der Waals surface area contributed by atoms with Crippen molar-refractivity contribution < 1.29 is 0 Å². The first-order valence-electron chi connectivity index (χ1n) is 5.80. The van der Waals surface area contributed by atoms with E-state index in [0.29, 0.717) is 0 Å². The van der Waals surface area contributed by atoms with E-state index in [0.717, 1.165) is 11.3 Å². The van der Waals surface area contributed by atoms with Crippen LogP contribution in [-0.2, 0) is 0 Å². The molecule has 0 saturated heterocycles. The molecule has 18 heavy (non-hydrogen) atoms. The summed E-state index contributed by atoms with van der Waals surface area (Å²) in [6, 6.07) is 20.7. The van der Waals surface area contributed by atoms with E-state index >= 15 is 0 Å². The van der Waals surface area contributed by atoms with Gasteiger partial charge in [0.1, 0.15) is 0 Å². The second-order valence-electron chi connectivity index (χ2n) is 4.00. The molecule has 2 nitrogen and oxygen atoms in total. The molecule has 0 fully saturated rings. The van der Waals surface area contributed by atoms with Gasteiger partial charge in [-0.3, -0.25) is 0 Å². The van der Waals surface area contributed by atoms with Gasteiger partial charge in [-0.05, 0) is 11.1 Å². The van der Waals surface area contributed by atoms with Crippen molar-refractivity contribution in [3.05, 3.63) is 71.8 Å². The summed E-state index contributed by atoms with van der Waals surface area (Å²) in [5, 5.41) is 8.59. The van der Waals surface area contributed by atoms with Gasteiger partial charge >= 0.3 is 0 Å². The molecule has 0 radical (unpaired) electrons. The SMILES string of the molecule is C1=NN=C(c2ccccc2)C(c2ccccc2)S1. The zero-order chi connectivity index (χ0) is 12.2. The van der Waals surface area contributed by atoms with Gasteiger partial charge < -0.3 is 0 Å². The standard InChI is InChI=1S/C15H12N2S/c1-3-7-12(8-4-1)14-15(18-11-16-17-14)13-9-5-2-6-10-13/h1-11,15H. The predicted octanol–water partition coefficient (Wildman–Crippen LogP) is 3.91. The maximum absolute atomic E-state index is 4.32. The Labute approximate surface area is 110 Å². The van der Waals surface area contributed by atoms with Gasteiger partial charge in [-0.25, -0.2) is 0 Å². The van der Waals surface area contributed by atoms with E-state index in [9.17, 15) is 0 Å².